The molecule has 3 aliphatic rings. The number of rotatable bonds is 8. The summed E-state index contributed by atoms with van der Waals surface area (Å²) in [5.41, 5.74) is 0. The van der Waals surface area contributed by atoms with Gasteiger partial charge >= 0.3 is 0 Å². The van der Waals surface area contributed by atoms with Crippen molar-refractivity contribution >= 4 is 35.8 Å². The van der Waals surface area contributed by atoms with Gasteiger partial charge in [-0.25, -0.2) is 0 Å². The van der Waals surface area contributed by atoms with Crippen molar-refractivity contribution in [1.29, 1.82) is 0 Å². The first-order chi connectivity index (χ1) is 15.2. The number of nitrogens with zero attached hydrogens (tertiary/aromatic N) is 4. The van der Waals surface area contributed by atoms with Crippen LogP contribution in [0.4, 0.5) is 0 Å². The smallest absolute Gasteiger partial charge is 0.223 e. The molecule has 8 nitrogen and oxygen atoms in total. The van der Waals surface area contributed by atoms with E-state index in [4.69, 9.17) is 4.99 Å². The van der Waals surface area contributed by atoms with Gasteiger partial charge in [0.25, 0.3) is 0 Å². The highest BCUT2D eigenvalue weighted by Gasteiger charge is 2.31. The highest BCUT2D eigenvalue weighted by molar-refractivity contribution is 14.0. The highest BCUT2D eigenvalue weighted by Crippen LogP contribution is 2.26. The van der Waals surface area contributed by atoms with Crippen LogP contribution >= 0.6 is 24.0 Å². The van der Waals surface area contributed by atoms with Gasteiger partial charge < -0.3 is 20.5 Å². The first kappa shape index (κ1) is 25.2. The fourth-order valence-electron chi connectivity index (χ4n) is 4.78. The SMILES string of the molecule is CCNC(=NCCCc1nnc2n1CCCCC2)NC1CCCC(C(=O)NC2CC2)C1.I. The minimum absolute atomic E-state index is 0. The maximum absolute atomic E-state index is 12.5. The molecule has 4 rings (SSSR count). The number of aliphatic imine (C=N–C) groups is 1. The zero-order chi connectivity index (χ0) is 21.5. The molecular formula is C23H40IN7O. The van der Waals surface area contributed by atoms with Crippen LogP contribution in [0.15, 0.2) is 4.99 Å². The van der Waals surface area contributed by atoms with Crippen LogP contribution < -0.4 is 16.0 Å². The number of halogens is 1. The van der Waals surface area contributed by atoms with Gasteiger partial charge in [-0.1, -0.05) is 12.8 Å². The van der Waals surface area contributed by atoms with E-state index in [2.05, 4.69) is 37.6 Å². The standard InChI is InChI=1S/C23H39N7O.HI/c1-2-24-23(27-19-9-6-8-17(16-19)22(31)26-18-12-13-18)25-14-7-11-21-29-28-20-10-4-3-5-15-30(20)21;/h17-19H,2-16H2,1H3,(H,26,31)(H2,24,25,27);1H. The van der Waals surface area contributed by atoms with Crippen LogP contribution in [0.2, 0.25) is 0 Å². The van der Waals surface area contributed by atoms with E-state index in [1.807, 2.05) is 0 Å². The van der Waals surface area contributed by atoms with Crippen LogP contribution in [0.1, 0.15) is 82.8 Å². The fraction of sp³-hybridized carbons (Fsp3) is 0.826. The predicted molar refractivity (Wildman–Crippen MR) is 137 cm³/mol. The van der Waals surface area contributed by atoms with Crippen molar-refractivity contribution in [2.24, 2.45) is 10.9 Å². The average molecular weight is 558 g/mol. The third-order valence-electron chi connectivity index (χ3n) is 6.67. The minimum atomic E-state index is 0. The van der Waals surface area contributed by atoms with Gasteiger partial charge in [0.15, 0.2) is 5.96 Å². The largest absolute Gasteiger partial charge is 0.357 e. The van der Waals surface area contributed by atoms with Crippen LogP contribution in [0.5, 0.6) is 0 Å². The summed E-state index contributed by atoms with van der Waals surface area (Å²) in [4.78, 5) is 17.3. The molecule has 180 valence electrons. The van der Waals surface area contributed by atoms with Crippen molar-refractivity contribution in [3.8, 4) is 0 Å². The zero-order valence-corrected chi connectivity index (χ0v) is 21.8. The second-order valence-electron chi connectivity index (χ2n) is 9.35. The number of hydrogen-bond donors (Lipinski definition) is 3. The molecule has 0 radical (unpaired) electrons. The molecule has 2 fully saturated rings. The first-order valence-corrected chi connectivity index (χ1v) is 12.5. The quantitative estimate of drug-likeness (QED) is 0.198. The number of aryl methyl sites for hydroxylation is 2. The second kappa shape index (κ2) is 12.7. The third kappa shape index (κ3) is 7.31. The molecule has 1 amide bonds. The number of aromatic nitrogens is 3. The van der Waals surface area contributed by atoms with E-state index in [0.717, 1.165) is 95.0 Å². The van der Waals surface area contributed by atoms with E-state index in [9.17, 15) is 4.79 Å². The monoisotopic (exact) mass is 557 g/mol. The van der Waals surface area contributed by atoms with Crippen molar-refractivity contribution in [3.05, 3.63) is 11.6 Å². The van der Waals surface area contributed by atoms with E-state index in [0.29, 0.717) is 12.1 Å². The van der Waals surface area contributed by atoms with Crippen LogP contribution in [-0.2, 0) is 24.2 Å². The van der Waals surface area contributed by atoms with Gasteiger partial charge in [-0.2, -0.15) is 0 Å². The van der Waals surface area contributed by atoms with Crippen molar-refractivity contribution in [2.45, 2.75) is 103 Å². The molecule has 2 heterocycles. The van der Waals surface area contributed by atoms with Crippen molar-refractivity contribution in [1.82, 2.24) is 30.7 Å². The summed E-state index contributed by atoms with van der Waals surface area (Å²) >= 11 is 0. The molecule has 9 heteroatoms. The molecule has 1 aromatic heterocycles. The van der Waals surface area contributed by atoms with Crippen molar-refractivity contribution in [2.75, 3.05) is 13.1 Å². The molecule has 2 aliphatic carbocycles. The molecule has 0 bridgehead atoms. The Bertz CT molecular complexity index is 762. The Labute approximate surface area is 209 Å². The molecule has 0 spiro atoms. The molecule has 1 aliphatic heterocycles. The Kier molecular flexibility index (Phi) is 10.1. The van der Waals surface area contributed by atoms with Gasteiger partial charge in [-0.3, -0.25) is 9.79 Å². The van der Waals surface area contributed by atoms with Gasteiger partial charge in [-0.05, 0) is 58.3 Å². The molecular weight excluding hydrogens is 517 g/mol. The number of nitrogens with one attached hydrogen (secondary N) is 3. The molecule has 0 aromatic carbocycles. The van der Waals surface area contributed by atoms with E-state index >= 15 is 0 Å². The van der Waals surface area contributed by atoms with E-state index in [1.165, 1.54) is 19.3 Å². The summed E-state index contributed by atoms with van der Waals surface area (Å²) in [6.07, 6.45) is 13.1. The second-order valence-corrected chi connectivity index (χ2v) is 9.35. The van der Waals surface area contributed by atoms with Gasteiger partial charge in [0, 0.05) is 50.5 Å². The number of hydrogen-bond acceptors (Lipinski definition) is 4. The molecule has 32 heavy (non-hydrogen) atoms. The Morgan fingerprint density at radius 3 is 2.75 bits per heavy atom. The van der Waals surface area contributed by atoms with E-state index in [-0.39, 0.29) is 35.8 Å². The van der Waals surface area contributed by atoms with Gasteiger partial charge in [0.2, 0.25) is 5.91 Å². The maximum atomic E-state index is 12.5. The first-order valence-electron chi connectivity index (χ1n) is 12.5. The summed E-state index contributed by atoms with van der Waals surface area (Å²) in [5, 5.41) is 19.0. The molecule has 2 unspecified atom stereocenters. The van der Waals surface area contributed by atoms with Crippen LogP contribution in [0, 0.1) is 5.92 Å². The molecule has 0 saturated heterocycles. The van der Waals surface area contributed by atoms with Gasteiger partial charge in [0.05, 0.1) is 0 Å². The number of amides is 1. The maximum Gasteiger partial charge on any atom is 0.223 e. The third-order valence-corrected chi connectivity index (χ3v) is 6.67. The number of fused-ring (bicyclic) bond motifs is 1. The minimum Gasteiger partial charge on any atom is -0.357 e. The van der Waals surface area contributed by atoms with E-state index < -0.39 is 0 Å². The summed E-state index contributed by atoms with van der Waals surface area (Å²) in [6, 6.07) is 0.758. The fourth-order valence-corrected chi connectivity index (χ4v) is 4.78. The summed E-state index contributed by atoms with van der Waals surface area (Å²) in [7, 11) is 0. The Balaban J connectivity index is 0.00000289. The van der Waals surface area contributed by atoms with Crippen molar-refractivity contribution < 1.29 is 4.79 Å². The highest BCUT2D eigenvalue weighted by atomic mass is 127. The molecule has 2 atom stereocenters. The van der Waals surface area contributed by atoms with Crippen LogP contribution in [0.3, 0.4) is 0 Å². The molecule has 1 aromatic rings. The lowest BCUT2D eigenvalue weighted by Gasteiger charge is -2.30. The Hall–Kier alpha value is -1.39. The number of carbonyl (C=O) groups excluding carboxylic acids is 1. The summed E-state index contributed by atoms with van der Waals surface area (Å²) in [6.45, 7) is 4.75. The van der Waals surface area contributed by atoms with Gasteiger partial charge in [0.1, 0.15) is 11.6 Å². The summed E-state index contributed by atoms with van der Waals surface area (Å²) in [5.74, 6) is 3.53. The number of guanidine groups is 1. The topological polar surface area (TPSA) is 96.2 Å². The zero-order valence-electron chi connectivity index (χ0n) is 19.4. The normalized spacial score (nSPS) is 23.5. The lowest BCUT2D eigenvalue weighted by Crippen LogP contribution is -2.47. The van der Waals surface area contributed by atoms with Gasteiger partial charge in [-0.15, -0.1) is 34.2 Å². The molecule has 3 N–H and O–H groups in total. The van der Waals surface area contributed by atoms with Crippen molar-refractivity contribution in [3.63, 3.8) is 0 Å². The Morgan fingerprint density at radius 1 is 1.06 bits per heavy atom. The molecule has 2 saturated carbocycles. The lowest BCUT2D eigenvalue weighted by molar-refractivity contribution is -0.126. The Morgan fingerprint density at radius 2 is 1.94 bits per heavy atom. The predicted octanol–water partition coefficient (Wildman–Crippen LogP) is 2.95. The summed E-state index contributed by atoms with van der Waals surface area (Å²) < 4.78 is 2.33. The van der Waals surface area contributed by atoms with E-state index in [1.54, 1.807) is 0 Å². The lowest BCUT2D eigenvalue weighted by atomic mass is 9.85. The van der Waals surface area contributed by atoms with Crippen LogP contribution in [-0.4, -0.2) is 51.8 Å². The van der Waals surface area contributed by atoms with Crippen LogP contribution in [0.25, 0.3) is 0 Å². The number of carbonyl (C=O) groups is 1. The average Bonchev–Trinajstić information content (AvgIpc) is 3.55.